The Morgan fingerprint density at radius 3 is 2.90 bits per heavy atom. The molecule has 6 nitrogen and oxygen atoms in total. The molecule has 1 aliphatic heterocycles. The van der Waals surface area contributed by atoms with E-state index in [1.165, 1.54) is 11.3 Å². The third kappa shape index (κ3) is 3.12. The number of fused-ring (bicyclic) bond motifs is 2. The highest BCUT2D eigenvalue weighted by Gasteiger charge is 2.22. The fourth-order valence-corrected chi connectivity index (χ4v) is 3.89. The minimum atomic E-state index is -0.124. The summed E-state index contributed by atoms with van der Waals surface area (Å²) in [6.45, 7) is 0.536. The highest BCUT2D eigenvalue weighted by Crippen LogP contribution is 2.26. The predicted octanol–water partition coefficient (Wildman–Crippen LogP) is 3.20. The lowest BCUT2D eigenvalue weighted by Gasteiger charge is -2.34. The van der Waals surface area contributed by atoms with Crippen molar-refractivity contribution in [2.24, 2.45) is 0 Å². The fraction of sp³-hybridized carbons (Fsp3) is 0.174. The van der Waals surface area contributed by atoms with Gasteiger partial charge < -0.3 is 4.90 Å². The van der Waals surface area contributed by atoms with Crippen molar-refractivity contribution in [3.8, 4) is 11.1 Å². The molecule has 1 aliphatic carbocycles. The number of aryl methyl sites for hydroxylation is 1. The van der Waals surface area contributed by atoms with Crippen molar-refractivity contribution >= 4 is 5.65 Å². The summed E-state index contributed by atoms with van der Waals surface area (Å²) >= 11 is 0. The van der Waals surface area contributed by atoms with E-state index in [4.69, 9.17) is 0 Å². The maximum atomic E-state index is 12.9. The first-order chi connectivity index (χ1) is 14.2. The van der Waals surface area contributed by atoms with Crippen molar-refractivity contribution in [2.75, 3.05) is 7.05 Å². The van der Waals surface area contributed by atoms with Gasteiger partial charge in [-0.2, -0.15) is 0 Å². The van der Waals surface area contributed by atoms with Crippen molar-refractivity contribution in [3.05, 3.63) is 101 Å². The molecule has 0 bridgehead atoms. The zero-order chi connectivity index (χ0) is 19.8. The van der Waals surface area contributed by atoms with E-state index in [-0.39, 0.29) is 11.7 Å². The standard InChI is InChI=1S/C23H21N5O/c1-26-20(10-8-17-5-2-3-7-21(17)26)12-14-28-23(29)27-16-19(9-11-22(27)25-28)18-6-4-13-24-15-18/h2-11,13,15-16,21H,12,14H2,1H3. The first kappa shape index (κ1) is 17.4. The molecule has 0 saturated carbocycles. The highest BCUT2D eigenvalue weighted by molar-refractivity contribution is 5.63. The molecule has 3 aromatic rings. The SMILES string of the molecule is CN1C(CCn2nc3ccc(-c4cccnc4)cn3c2=O)=CC=C2C=CC=CC21. The van der Waals surface area contributed by atoms with Crippen LogP contribution in [-0.4, -0.2) is 37.2 Å². The van der Waals surface area contributed by atoms with Gasteiger partial charge in [0.1, 0.15) is 0 Å². The molecule has 4 heterocycles. The Hall–Kier alpha value is -3.67. The number of allylic oxidation sites excluding steroid dienone is 5. The second kappa shape index (κ2) is 7.05. The summed E-state index contributed by atoms with van der Waals surface area (Å²) in [7, 11) is 2.10. The van der Waals surface area contributed by atoms with Gasteiger partial charge in [0.25, 0.3) is 0 Å². The topological polar surface area (TPSA) is 55.4 Å². The van der Waals surface area contributed by atoms with E-state index >= 15 is 0 Å². The molecule has 6 heteroatoms. The molecule has 1 unspecified atom stereocenters. The quantitative estimate of drug-likeness (QED) is 0.694. The van der Waals surface area contributed by atoms with E-state index in [0.717, 1.165) is 17.5 Å². The summed E-state index contributed by atoms with van der Waals surface area (Å²) in [6.07, 6.45) is 18.9. The number of rotatable bonds is 4. The van der Waals surface area contributed by atoms with Crippen LogP contribution in [0.2, 0.25) is 0 Å². The molecule has 0 aromatic carbocycles. The van der Waals surface area contributed by atoms with Gasteiger partial charge in [0.05, 0.1) is 12.6 Å². The zero-order valence-electron chi connectivity index (χ0n) is 16.1. The summed E-state index contributed by atoms with van der Waals surface area (Å²) in [5.74, 6) is 0. The first-order valence-electron chi connectivity index (χ1n) is 9.69. The van der Waals surface area contributed by atoms with Gasteiger partial charge in [-0.05, 0) is 29.8 Å². The van der Waals surface area contributed by atoms with E-state index in [1.54, 1.807) is 21.5 Å². The van der Waals surface area contributed by atoms with E-state index in [2.05, 4.69) is 58.5 Å². The van der Waals surface area contributed by atoms with E-state index in [0.29, 0.717) is 12.2 Å². The fourth-order valence-electron chi connectivity index (χ4n) is 3.89. The maximum absolute atomic E-state index is 12.9. The normalized spacial score (nSPS) is 18.0. The zero-order valence-corrected chi connectivity index (χ0v) is 16.1. The van der Waals surface area contributed by atoms with Gasteiger partial charge in [-0.15, -0.1) is 5.10 Å². The minimum Gasteiger partial charge on any atom is -0.367 e. The van der Waals surface area contributed by atoms with E-state index < -0.39 is 0 Å². The largest absolute Gasteiger partial charge is 0.367 e. The molecule has 0 N–H and O–H groups in total. The molecule has 5 rings (SSSR count). The molecule has 0 spiro atoms. The van der Waals surface area contributed by atoms with Crippen molar-refractivity contribution in [1.82, 2.24) is 24.1 Å². The van der Waals surface area contributed by atoms with Gasteiger partial charge in [-0.3, -0.25) is 4.98 Å². The van der Waals surface area contributed by atoms with Crippen LogP contribution in [-0.2, 0) is 6.54 Å². The van der Waals surface area contributed by atoms with Crippen LogP contribution in [0.5, 0.6) is 0 Å². The molecular formula is C23H21N5O. The van der Waals surface area contributed by atoms with Crippen molar-refractivity contribution in [1.29, 1.82) is 0 Å². The molecule has 144 valence electrons. The Balaban J connectivity index is 1.40. The summed E-state index contributed by atoms with van der Waals surface area (Å²) in [6, 6.07) is 7.97. The van der Waals surface area contributed by atoms with E-state index in [1.807, 2.05) is 30.5 Å². The van der Waals surface area contributed by atoms with Crippen LogP contribution < -0.4 is 5.69 Å². The average molecular weight is 383 g/mol. The lowest BCUT2D eigenvalue weighted by atomic mass is 9.96. The number of aromatic nitrogens is 4. The Kier molecular flexibility index (Phi) is 4.24. The van der Waals surface area contributed by atoms with Crippen molar-refractivity contribution in [2.45, 2.75) is 19.0 Å². The maximum Gasteiger partial charge on any atom is 0.350 e. The Bertz CT molecular complexity index is 1240. The highest BCUT2D eigenvalue weighted by atomic mass is 16.2. The lowest BCUT2D eigenvalue weighted by Crippen LogP contribution is -2.34. The van der Waals surface area contributed by atoms with Crippen LogP contribution in [0, 0.1) is 0 Å². The molecular weight excluding hydrogens is 362 g/mol. The molecule has 1 atom stereocenters. The van der Waals surface area contributed by atoms with Crippen LogP contribution >= 0.6 is 0 Å². The minimum absolute atomic E-state index is 0.124. The molecule has 0 amide bonds. The second-order valence-corrected chi connectivity index (χ2v) is 7.27. The number of hydrogen-bond donors (Lipinski definition) is 0. The molecule has 0 radical (unpaired) electrons. The Morgan fingerprint density at radius 2 is 2.03 bits per heavy atom. The Morgan fingerprint density at radius 1 is 1.10 bits per heavy atom. The predicted molar refractivity (Wildman–Crippen MR) is 113 cm³/mol. The van der Waals surface area contributed by atoms with Gasteiger partial charge in [0.15, 0.2) is 5.65 Å². The lowest BCUT2D eigenvalue weighted by molar-refractivity contribution is 0.360. The molecule has 2 aliphatic rings. The van der Waals surface area contributed by atoms with Gasteiger partial charge >= 0.3 is 5.69 Å². The number of hydrogen-bond acceptors (Lipinski definition) is 4. The van der Waals surface area contributed by atoms with E-state index in [9.17, 15) is 4.79 Å². The van der Waals surface area contributed by atoms with Crippen molar-refractivity contribution < 1.29 is 0 Å². The summed E-state index contributed by atoms with van der Waals surface area (Å²) in [4.78, 5) is 19.3. The number of nitrogens with zero attached hydrogens (tertiary/aromatic N) is 5. The van der Waals surface area contributed by atoms with Gasteiger partial charge in [0, 0.05) is 48.9 Å². The Labute approximate surface area is 168 Å². The number of pyridine rings is 2. The van der Waals surface area contributed by atoms with Crippen LogP contribution in [0.25, 0.3) is 16.8 Å². The third-order valence-corrected chi connectivity index (χ3v) is 5.52. The smallest absolute Gasteiger partial charge is 0.350 e. The molecule has 0 fully saturated rings. The van der Waals surface area contributed by atoms with Gasteiger partial charge in [-0.1, -0.05) is 36.4 Å². The number of likely N-dealkylation sites (N-methyl/N-ethyl adjacent to an activating group) is 1. The summed E-state index contributed by atoms with van der Waals surface area (Å²) in [5, 5.41) is 4.50. The second-order valence-electron chi connectivity index (χ2n) is 7.27. The molecule has 3 aromatic heterocycles. The summed E-state index contributed by atoms with van der Waals surface area (Å²) < 4.78 is 3.15. The molecule has 0 saturated heterocycles. The van der Waals surface area contributed by atoms with Gasteiger partial charge in [0.2, 0.25) is 0 Å². The molecule has 29 heavy (non-hydrogen) atoms. The van der Waals surface area contributed by atoms with Crippen LogP contribution in [0.3, 0.4) is 0 Å². The van der Waals surface area contributed by atoms with Crippen molar-refractivity contribution in [3.63, 3.8) is 0 Å². The van der Waals surface area contributed by atoms with Crippen LogP contribution in [0.4, 0.5) is 0 Å². The van der Waals surface area contributed by atoms with Gasteiger partial charge in [-0.25, -0.2) is 13.9 Å². The van der Waals surface area contributed by atoms with Crippen LogP contribution in [0.15, 0.2) is 95.4 Å². The summed E-state index contributed by atoms with van der Waals surface area (Å²) in [5.41, 5.74) is 4.92. The van der Waals surface area contributed by atoms with Crippen LogP contribution in [0.1, 0.15) is 6.42 Å². The third-order valence-electron chi connectivity index (χ3n) is 5.52. The average Bonchev–Trinajstić information content (AvgIpc) is 3.09. The monoisotopic (exact) mass is 383 g/mol. The first-order valence-corrected chi connectivity index (χ1v) is 9.69.